The summed E-state index contributed by atoms with van der Waals surface area (Å²) in [5, 5.41) is 8.19. The largest absolute Gasteiger partial charge is 0.193 e. The Morgan fingerprint density at radius 2 is 2.62 bits per heavy atom. The van der Waals surface area contributed by atoms with Crippen molar-refractivity contribution >= 4 is 0 Å². The fraction of sp³-hybridized carbons (Fsp3) is 0.571. The second-order valence-electron chi connectivity index (χ2n) is 2.29. The molecule has 8 heavy (non-hydrogen) atoms. The molecule has 1 heteroatoms. The molecule has 1 aliphatic carbocycles. The first kappa shape index (κ1) is 5.37. The number of hydrogen-bond donors (Lipinski definition) is 0. The highest BCUT2D eigenvalue weighted by Crippen LogP contribution is 2.31. The lowest BCUT2D eigenvalue weighted by Gasteiger charge is -2.24. The normalized spacial score (nSPS) is 31.5. The maximum absolute atomic E-state index is 8.19. The molecule has 0 aromatic carbocycles. The predicted octanol–water partition coefficient (Wildman–Crippen LogP) is 1.87. The average molecular weight is 107 g/mol. The zero-order chi connectivity index (χ0) is 5.98. The highest BCUT2D eigenvalue weighted by atomic mass is 14.3. The van der Waals surface area contributed by atoms with Gasteiger partial charge < -0.3 is 0 Å². The van der Waals surface area contributed by atoms with Gasteiger partial charge in [-0.25, -0.2) is 0 Å². The molecule has 1 saturated carbocycles. The maximum Gasteiger partial charge on any atom is 0.0911 e. The summed E-state index contributed by atoms with van der Waals surface area (Å²) in [6, 6.07) is 2.04. The van der Waals surface area contributed by atoms with Crippen LogP contribution in [0.2, 0.25) is 0 Å². The van der Waals surface area contributed by atoms with Crippen LogP contribution in [-0.4, -0.2) is 0 Å². The van der Waals surface area contributed by atoms with Gasteiger partial charge >= 0.3 is 0 Å². The summed E-state index contributed by atoms with van der Waals surface area (Å²) in [6.07, 6.45) is 4.09. The Bertz CT molecular complexity index is 150. The quantitative estimate of drug-likeness (QED) is 0.433. The lowest BCUT2D eigenvalue weighted by molar-refractivity contribution is 0.483. The third-order valence-corrected chi connectivity index (χ3v) is 1.75. The summed E-state index contributed by atoms with van der Waals surface area (Å²) in [5.74, 6) is 0.689. The highest BCUT2D eigenvalue weighted by molar-refractivity contribution is 5.20. The van der Waals surface area contributed by atoms with E-state index in [0.29, 0.717) is 5.92 Å². The van der Waals surface area contributed by atoms with Crippen molar-refractivity contribution in [3.05, 3.63) is 11.6 Å². The van der Waals surface area contributed by atoms with Gasteiger partial charge in [0.25, 0.3) is 0 Å². The van der Waals surface area contributed by atoms with Crippen LogP contribution in [-0.2, 0) is 0 Å². The second-order valence-corrected chi connectivity index (χ2v) is 2.29. The lowest BCUT2D eigenvalue weighted by Crippen LogP contribution is -2.10. The summed E-state index contributed by atoms with van der Waals surface area (Å²) >= 11 is 0. The van der Waals surface area contributed by atoms with Crippen molar-refractivity contribution in [2.45, 2.75) is 19.8 Å². The van der Waals surface area contributed by atoms with Gasteiger partial charge in [-0.05, 0) is 18.8 Å². The van der Waals surface area contributed by atoms with Crippen LogP contribution in [0.3, 0.4) is 0 Å². The van der Waals surface area contributed by atoms with Crippen molar-refractivity contribution in [2.75, 3.05) is 0 Å². The van der Waals surface area contributed by atoms with E-state index in [4.69, 9.17) is 5.26 Å². The van der Waals surface area contributed by atoms with Crippen molar-refractivity contribution in [1.29, 1.82) is 5.26 Å². The molecule has 1 nitrogen and oxygen atoms in total. The van der Waals surface area contributed by atoms with Crippen molar-refractivity contribution in [1.82, 2.24) is 0 Å². The van der Waals surface area contributed by atoms with Crippen LogP contribution in [0.25, 0.3) is 0 Å². The van der Waals surface area contributed by atoms with Crippen molar-refractivity contribution in [2.24, 2.45) is 5.92 Å². The first-order chi connectivity index (χ1) is 3.84. The third-order valence-electron chi connectivity index (χ3n) is 1.75. The molecule has 1 atom stereocenters. The van der Waals surface area contributed by atoms with E-state index in [1.165, 1.54) is 12.0 Å². The molecular formula is C7H9N. The van der Waals surface area contributed by atoms with E-state index in [1.54, 1.807) is 6.08 Å². The number of allylic oxidation sites excluding steroid dienone is 2. The molecular weight excluding hydrogens is 98.1 g/mol. The average Bonchev–Trinajstić information content (AvgIpc) is 1.79. The van der Waals surface area contributed by atoms with E-state index in [1.807, 2.05) is 6.07 Å². The Labute approximate surface area is 49.6 Å². The minimum absolute atomic E-state index is 0.689. The predicted molar refractivity (Wildman–Crippen MR) is 32.1 cm³/mol. The first-order valence-electron chi connectivity index (χ1n) is 2.93. The molecule has 0 aromatic rings. The summed E-state index contributed by atoms with van der Waals surface area (Å²) in [5.41, 5.74) is 1.33. The molecule has 0 spiro atoms. The van der Waals surface area contributed by atoms with Gasteiger partial charge in [-0.3, -0.25) is 0 Å². The van der Waals surface area contributed by atoms with Crippen LogP contribution in [0.5, 0.6) is 0 Å². The van der Waals surface area contributed by atoms with Crippen LogP contribution in [0.4, 0.5) is 0 Å². The molecule has 1 unspecified atom stereocenters. The molecule has 42 valence electrons. The van der Waals surface area contributed by atoms with E-state index < -0.39 is 0 Å². The van der Waals surface area contributed by atoms with Gasteiger partial charge in [0, 0.05) is 6.08 Å². The SMILES string of the molecule is CC1CC/C1=C\C#N. The second kappa shape index (κ2) is 2.00. The van der Waals surface area contributed by atoms with Crippen LogP contribution in [0.15, 0.2) is 11.6 Å². The topological polar surface area (TPSA) is 23.8 Å². The molecule has 0 N–H and O–H groups in total. The number of nitrogens with zero attached hydrogens (tertiary/aromatic N) is 1. The van der Waals surface area contributed by atoms with Gasteiger partial charge in [-0.1, -0.05) is 12.5 Å². The number of nitriles is 1. The van der Waals surface area contributed by atoms with E-state index in [9.17, 15) is 0 Å². The zero-order valence-electron chi connectivity index (χ0n) is 5.02. The maximum atomic E-state index is 8.19. The highest BCUT2D eigenvalue weighted by Gasteiger charge is 2.17. The fourth-order valence-electron chi connectivity index (χ4n) is 0.897. The Morgan fingerprint density at radius 3 is 2.75 bits per heavy atom. The summed E-state index contributed by atoms with van der Waals surface area (Å²) in [4.78, 5) is 0. The van der Waals surface area contributed by atoms with Gasteiger partial charge in [0.05, 0.1) is 6.07 Å². The van der Waals surface area contributed by atoms with Crippen molar-refractivity contribution < 1.29 is 0 Å². The first-order valence-corrected chi connectivity index (χ1v) is 2.93. The van der Waals surface area contributed by atoms with E-state index in [0.717, 1.165) is 6.42 Å². The van der Waals surface area contributed by atoms with Crippen LogP contribution < -0.4 is 0 Å². The van der Waals surface area contributed by atoms with Gasteiger partial charge in [0.15, 0.2) is 0 Å². The minimum Gasteiger partial charge on any atom is -0.193 e. The summed E-state index contributed by atoms with van der Waals surface area (Å²) in [7, 11) is 0. The lowest BCUT2D eigenvalue weighted by atomic mass is 9.81. The molecule has 0 heterocycles. The molecule has 0 radical (unpaired) electrons. The number of rotatable bonds is 0. The zero-order valence-corrected chi connectivity index (χ0v) is 5.02. The molecule has 1 aliphatic rings. The molecule has 0 aromatic heterocycles. The van der Waals surface area contributed by atoms with Crippen molar-refractivity contribution in [3.63, 3.8) is 0 Å². The van der Waals surface area contributed by atoms with Gasteiger partial charge in [0.2, 0.25) is 0 Å². The molecule has 0 saturated heterocycles. The minimum atomic E-state index is 0.689. The van der Waals surface area contributed by atoms with Gasteiger partial charge in [-0.15, -0.1) is 0 Å². The smallest absolute Gasteiger partial charge is 0.0911 e. The van der Waals surface area contributed by atoms with Crippen LogP contribution in [0, 0.1) is 17.2 Å². The molecule has 0 bridgehead atoms. The standard InChI is InChI=1S/C7H9N/c1-6-2-3-7(6)4-5-8/h4,6H,2-3H2,1H3/b7-4+. The van der Waals surface area contributed by atoms with E-state index >= 15 is 0 Å². The molecule has 0 amide bonds. The molecule has 1 fully saturated rings. The van der Waals surface area contributed by atoms with Gasteiger partial charge in [0.1, 0.15) is 0 Å². The summed E-state index contributed by atoms with van der Waals surface area (Å²) < 4.78 is 0. The Morgan fingerprint density at radius 1 is 1.88 bits per heavy atom. The van der Waals surface area contributed by atoms with Crippen molar-refractivity contribution in [3.8, 4) is 6.07 Å². The van der Waals surface area contributed by atoms with E-state index in [-0.39, 0.29) is 0 Å². The van der Waals surface area contributed by atoms with Crippen LogP contribution in [0.1, 0.15) is 19.8 Å². The van der Waals surface area contributed by atoms with Gasteiger partial charge in [-0.2, -0.15) is 5.26 Å². The fourth-order valence-corrected chi connectivity index (χ4v) is 0.897. The Hall–Kier alpha value is -0.770. The van der Waals surface area contributed by atoms with Crippen LogP contribution >= 0.6 is 0 Å². The number of hydrogen-bond acceptors (Lipinski definition) is 1. The Balaban J connectivity index is 2.51. The van der Waals surface area contributed by atoms with E-state index in [2.05, 4.69) is 6.92 Å². The third kappa shape index (κ3) is 0.742. The molecule has 0 aliphatic heterocycles. The molecule has 1 rings (SSSR count). The Kier molecular flexibility index (Phi) is 1.34. The monoisotopic (exact) mass is 107 g/mol. The summed E-state index contributed by atoms with van der Waals surface area (Å²) in [6.45, 7) is 2.16.